The van der Waals surface area contributed by atoms with Crippen molar-refractivity contribution in [2.45, 2.75) is 19.0 Å². The Bertz CT molecular complexity index is 669. The van der Waals surface area contributed by atoms with E-state index in [0.29, 0.717) is 19.5 Å². The van der Waals surface area contributed by atoms with Gasteiger partial charge in [-0.25, -0.2) is 4.98 Å². The molecule has 0 unspecified atom stereocenters. The highest BCUT2D eigenvalue weighted by Crippen LogP contribution is 2.16. The molecule has 3 rings (SSSR count). The lowest BCUT2D eigenvalue weighted by Gasteiger charge is -2.39. The Morgan fingerprint density at radius 3 is 2.65 bits per heavy atom. The largest absolute Gasteiger partial charge is 0.336 e. The summed E-state index contributed by atoms with van der Waals surface area (Å²) in [5.41, 5.74) is 1.06. The number of aromatic nitrogens is 2. The van der Waals surface area contributed by atoms with Gasteiger partial charge in [-0.15, -0.1) is 0 Å². The lowest BCUT2D eigenvalue weighted by Crippen LogP contribution is -2.60. The number of benzene rings is 1. The van der Waals surface area contributed by atoms with E-state index < -0.39 is 6.04 Å². The maximum Gasteiger partial charge on any atom is 0.245 e. The van der Waals surface area contributed by atoms with E-state index in [1.807, 2.05) is 41.1 Å². The van der Waals surface area contributed by atoms with Crippen molar-refractivity contribution in [3.63, 3.8) is 0 Å². The Balaban J connectivity index is 1.77. The number of piperazine rings is 1. The number of nitrogens with zero attached hydrogens (tertiary/aromatic N) is 4. The molecule has 0 saturated carbocycles. The normalized spacial score (nSPS) is 18.6. The molecule has 0 spiro atoms. The van der Waals surface area contributed by atoms with Crippen LogP contribution in [0, 0.1) is 0 Å². The van der Waals surface area contributed by atoms with Crippen molar-refractivity contribution in [2.24, 2.45) is 0 Å². The molecule has 6 heteroatoms. The second-order valence-electron chi connectivity index (χ2n) is 5.79. The maximum atomic E-state index is 12.6. The van der Waals surface area contributed by atoms with Crippen LogP contribution >= 0.6 is 0 Å². The monoisotopic (exact) mass is 312 g/mol. The number of imidazole rings is 1. The summed E-state index contributed by atoms with van der Waals surface area (Å²) < 4.78 is 1.91. The van der Waals surface area contributed by atoms with Crippen molar-refractivity contribution in [3.8, 4) is 0 Å². The van der Waals surface area contributed by atoms with E-state index in [4.69, 9.17) is 0 Å². The molecule has 2 heterocycles. The third-order valence-corrected chi connectivity index (χ3v) is 4.16. The zero-order chi connectivity index (χ0) is 16.2. The van der Waals surface area contributed by atoms with Crippen LogP contribution in [0.25, 0.3) is 0 Å². The van der Waals surface area contributed by atoms with Crippen LogP contribution in [0.3, 0.4) is 0 Å². The number of amides is 2. The standard InChI is InChI=1S/C17H20N4O2/c1-19-12-16(22)21(10-9-20-8-7-18-13-20)15(17(19)23)11-14-5-3-2-4-6-14/h2-8,13,15H,9-12H2,1H3/t15-/m1/s1. The van der Waals surface area contributed by atoms with E-state index in [1.165, 1.54) is 4.90 Å². The van der Waals surface area contributed by atoms with Crippen LogP contribution < -0.4 is 0 Å². The molecule has 0 bridgehead atoms. The van der Waals surface area contributed by atoms with Crippen LogP contribution in [-0.4, -0.2) is 57.3 Å². The quantitative estimate of drug-likeness (QED) is 0.820. The summed E-state index contributed by atoms with van der Waals surface area (Å²) in [4.78, 5) is 32.2. The molecule has 6 nitrogen and oxygen atoms in total. The summed E-state index contributed by atoms with van der Waals surface area (Å²) in [6, 6.07) is 9.38. The molecular weight excluding hydrogens is 292 g/mol. The molecule has 120 valence electrons. The van der Waals surface area contributed by atoms with Gasteiger partial charge in [0.05, 0.1) is 12.9 Å². The third kappa shape index (κ3) is 3.41. The Morgan fingerprint density at radius 2 is 1.96 bits per heavy atom. The summed E-state index contributed by atoms with van der Waals surface area (Å²) >= 11 is 0. The van der Waals surface area contributed by atoms with E-state index in [2.05, 4.69) is 4.98 Å². The Labute approximate surface area is 135 Å². The average Bonchev–Trinajstić information content (AvgIpc) is 3.06. The van der Waals surface area contributed by atoms with Gasteiger partial charge < -0.3 is 14.4 Å². The average molecular weight is 312 g/mol. The van der Waals surface area contributed by atoms with Crippen molar-refractivity contribution in [1.82, 2.24) is 19.4 Å². The highest BCUT2D eigenvalue weighted by atomic mass is 16.2. The second kappa shape index (κ2) is 6.64. The number of rotatable bonds is 5. The van der Waals surface area contributed by atoms with Gasteiger partial charge in [0.1, 0.15) is 6.04 Å². The van der Waals surface area contributed by atoms with E-state index in [9.17, 15) is 9.59 Å². The number of hydrogen-bond donors (Lipinski definition) is 0. The van der Waals surface area contributed by atoms with Gasteiger partial charge in [0.2, 0.25) is 11.8 Å². The predicted molar refractivity (Wildman–Crippen MR) is 85.5 cm³/mol. The molecule has 1 aliphatic heterocycles. The smallest absolute Gasteiger partial charge is 0.245 e. The third-order valence-electron chi connectivity index (χ3n) is 4.16. The van der Waals surface area contributed by atoms with Crippen LogP contribution in [0.1, 0.15) is 5.56 Å². The number of carbonyl (C=O) groups excluding carboxylic acids is 2. The van der Waals surface area contributed by atoms with Gasteiger partial charge in [0.25, 0.3) is 0 Å². The van der Waals surface area contributed by atoms with Crippen LogP contribution in [0.4, 0.5) is 0 Å². The zero-order valence-electron chi connectivity index (χ0n) is 13.1. The van der Waals surface area contributed by atoms with Crippen molar-refractivity contribution in [1.29, 1.82) is 0 Å². The first-order valence-corrected chi connectivity index (χ1v) is 7.69. The molecule has 0 aliphatic carbocycles. The molecule has 2 aromatic rings. The van der Waals surface area contributed by atoms with E-state index in [1.54, 1.807) is 24.5 Å². The molecular formula is C17H20N4O2. The first-order valence-electron chi connectivity index (χ1n) is 7.69. The molecule has 1 fully saturated rings. The van der Waals surface area contributed by atoms with Gasteiger partial charge >= 0.3 is 0 Å². The SMILES string of the molecule is CN1CC(=O)N(CCn2ccnc2)[C@H](Cc2ccccc2)C1=O. The van der Waals surface area contributed by atoms with E-state index in [0.717, 1.165) is 5.56 Å². The molecule has 1 aromatic carbocycles. The Kier molecular flexibility index (Phi) is 4.41. The summed E-state index contributed by atoms with van der Waals surface area (Å²) in [6.45, 7) is 1.29. The van der Waals surface area contributed by atoms with Crippen LogP contribution in [0.2, 0.25) is 0 Å². The van der Waals surface area contributed by atoms with Gasteiger partial charge in [0.15, 0.2) is 0 Å². The van der Waals surface area contributed by atoms with Crippen molar-refractivity contribution in [3.05, 3.63) is 54.6 Å². The van der Waals surface area contributed by atoms with Crippen molar-refractivity contribution < 1.29 is 9.59 Å². The summed E-state index contributed by atoms with van der Waals surface area (Å²) in [5, 5.41) is 0. The topological polar surface area (TPSA) is 58.4 Å². The summed E-state index contributed by atoms with van der Waals surface area (Å²) in [5.74, 6) is -0.00719. The lowest BCUT2D eigenvalue weighted by molar-refractivity contribution is -0.154. The molecule has 23 heavy (non-hydrogen) atoms. The minimum atomic E-state index is -0.438. The highest BCUT2D eigenvalue weighted by molar-refractivity contribution is 5.94. The number of carbonyl (C=O) groups is 2. The first kappa shape index (κ1) is 15.3. The van der Waals surface area contributed by atoms with Crippen LogP contribution in [0.5, 0.6) is 0 Å². The van der Waals surface area contributed by atoms with Gasteiger partial charge in [-0.1, -0.05) is 30.3 Å². The number of likely N-dealkylation sites (N-methyl/N-ethyl adjacent to an activating group) is 1. The molecule has 2 amide bonds. The van der Waals surface area contributed by atoms with Gasteiger partial charge in [-0.2, -0.15) is 0 Å². The van der Waals surface area contributed by atoms with Gasteiger partial charge in [-0.05, 0) is 5.56 Å². The minimum absolute atomic E-state index is 0.000848. The minimum Gasteiger partial charge on any atom is -0.336 e. The predicted octanol–water partition coefficient (Wildman–Crippen LogP) is 0.795. The van der Waals surface area contributed by atoms with E-state index in [-0.39, 0.29) is 18.4 Å². The summed E-state index contributed by atoms with van der Waals surface area (Å²) in [7, 11) is 1.69. The Hall–Kier alpha value is -2.63. The first-order chi connectivity index (χ1) is 11.1. The number of hydrogen-bond acceptors (Lipinski definition) is 3. The zero-order valence-corrected chi connectivity index (χ0v) is 13.1. The van der Waals surface area contributed by atoms with E-state index >= 15 is 0 Å². The molecule has 1 aliphatic rings. The molecule has 0 N–H and O–H groups in total. The highest BCUT2D eigenvalue weighted by Gasteiger charge is 2.37. The van der Waals surface area contributed by atoms with Crippen molar-refractivity contribution >= 4 is 11.8 Å². The van der Waals surface area contributed by atoms with Crippen LogP contribution in [0.15, 0.2) is 49.1 Å². The van der Waals surface area contributed by atoms with Crippen LogP contribution in [-0.2, 0) is 22.6 Å². The molecule has 0 radical (unpaired) electrons. The fourth-order valence-corrected chi connectivity index (χ4v) is 2.89. The maximum absolute atomic E-state index is 12.6. The molecule has 1 saturated heterocycles. The van der Waals surface area contributed by atoms with Gasteiger partial charge in [0, 0.05) is 39.0 Å². The van der Waals surface area contributed by atoms with Crippen molar-refractivity contribution in [2.75, 3.05) is 20.1 Å². The Morgan fingerprint density at radius 1 is 1.17 bits per heavy atom. The molecule has 1 aromatic heterocycles. The lowest BCUT2D eigenvalue weighted by atomic mass is 10.0. The fraction of sp³-hybridized carbons (Fsp3) is 0.353. The second-order valence-corrected chi connectivity index (χ2v) is 5.79. The van der Waals surface area contributed by atoms with Gasteiger partial charge in [-0.3, -0.25) is 9.59 Å². The summed E-state index contributed by atoms with van der Waals surface area (Å²) in [6.07, 6.45) is 5.82. The molecule has 1 atom stereocenters. The fourth-order valence-electron chi connectivity index (χ4n) is 2.89.